The Morgan fingerprint density at radius 3 is 2.55 bits per heavy atom. The highest BCUT2D eigenvalue weighted by molar-refractivity contribution is 5.95. The number of aromatic nitrogens is 2. The van der Waals surface area contributed by atoms with Crippen LogP contribution < -0.4 is 5.32 Å². The van der Waals surface area contributed by atoms with Crippen LogP contribution in [0.25, 0.3) is 5.65 Å². The standard InChI is InChI=1S/C22H21FN4O2/c23-16-4-1-14(2-5-16)22(29)27-12-18-17(19(18)13-27)7-8-25-21(28)15-3-6-20-24-9-10-26(20)11-15/h1-6,9-11,17-19H,7-8,12-13H2,(H,25,28). The van der Waals surface area contributed by atoms with Crippen molar-refractivity contribution in [2.45, 2.75) is 6.42 Å². The summed E-state index contributed by atoms with van der Waals surface area (Å²) in [5, 5.41) is 2.99. The van der Waals surface area contributed by atoms with Crippen LogP contribution in [0.15, 0.2) is 55.0 Å². The summed E-state index contributed by atoms with van der Waals surface area (Å²) in [6, 6.07) is 9.32. The molecule has 2 fully saturated rings. The number of pyridine rings is 1. The molecule has 2 aromatic heterocycles. The number of carbonyl (C=O) groups excluding carboxylic acids is 2. The van der Waals surface area contributed by atoms with Gasteiger partial charge in [-0.3, -0.25) is 9.59 Å². The van der Waals surface area contributed by atoms with Crippen molar-refractivity contribution in [3.8, 4) is 0 Å². The van der Waals surface area contributed by atoms with Crippen molar-refractivity contribution >= 4 is 17.5 Å². The molecule has 2 atom stereocenters. The van der Waals surface area contributed by atoms with Gasteiger partial charge in [-0.1, -0.05) is 0 Å². The highest BCUT2D eigenvalue weighted by atomic mass is 19.1. The largest absolute Gasteiger partial charge is 0.352 e. The Bertz CT molecular complexity index is 1070. The number of carbonyl (C=O) groups is 2. The van der Waals surface area contributed by atoms with Crippen molar-refractivity contribution in [3.63, 3.8) is 0 Å². The fourth-order valence-corrected chi connectivity index (χ4v) is 4.53. The van der Waals surface area contributed by atoms with E-state index in [1.165, 1.54) is 24.3 Å². The number of hydrogen-bond acceptors (Lipinski definition) is 3. The Morgan fingerprint density at radius 2 is 1.79 bits per heavy atom. The third-order valence-corrected chi connectivity index (χ3v) is 6.16. The summed E-state index contributed by atoms with van der Waals surface area (Å²) in [4.78, 5) is 30.9. The molecule has 1 saturated carbocycles. The molecule has 2 unspecified atom stereocenters. The summed E-state index contributed by atoms with van der Waals surface area (Å²) >= 11 is 0. The van der Waals surface area contributed by atoms with Crippen molar-refractivity contribution in [1.29, 1.82) is 0 Å². The number of rotatable bonds is 5. The summed E-state index contributed by atoms with van der Waals surface area (Å²) in [6.45, 7) is 2.12. The molecule has 5 rings (SSSR count). The van der Waals surface area contributed by atoms with E-state index >= 15 is 0 Å². The van der Waals surface area contributed by atoms with Gasteiger partial charge in [0.15, 0.2) is 0 Å². The van der Waals surface area contributed by atoms with Gasteiger partial charge in [0, 0.05) is 43.8 Å². The molecule has 0 spiro atoms. The Balaban J connectivity index is 1.09. The fraction of sp³-hybridized carbons (Fsp3) is 0.318. The lowest BCUT2D eigenvalue weighted by Crippen LogP contribution is -2.32. The van der Waals surface area contributed by atoms with Crippen LogP contribution in [0.1, 0.15) is 27.1 Å². The van der Waals surface area contributed by atoms with Crippen LogP contribution in [-0.4, -0.2) is 45.7 Å². The molecule has 3 aromatic rings. The average molecular weight is 392 g/mol. The average Bonchev–Trinajstić information content (AvgIpc) is 3.10. The Kier molecular flexibility index (Phi) is 4.30. The fourth-order valence-electron chi connectivity index (χ4n) is 4.53. The van der Waals surface area contributed by atoms with Gasteiger partial charge in [-0.05, 0) is 60.6 Å². The van der Waals surface area contributed by atoms with Gasteiger partial charge in [-0.25, -0.2) is 9.37 Å². The van der Waals surface area contributed by atoms with Gasteiger partial charge in [-0.15, -0.1) is 0 Å². The zero-order valence-electron chi connectivity index (χ0n) is 15.8. The molecule has 1 aliphatic carbocycles. The molecule has 148 valence electrons. The monoisotopic (exact) mass is 392 g/mol. The summed E-state index contributed by atoms with van der Waals surface area (Å²) in [7, 11) is 0. The Labute approximate surface area is 167 Å². The predicted octanol–water partition coefficient (Wildman–Crippen LogP) is 2.61. The number of halogens is 1. The van der Waals surface area contributed by atoms with Crippen LogP contribution >= 0.6 is 0 Å². The molecule has 1 N–H and O–H groups in total. The molecule has 1 aliphatic heterocycles. The minimum atomic E-state index is -0.335. The van der Waals surface area contributed by atoms with Crippen LogP contribution in [0.5, 0.6) is 0 Å². The van der Waals surface area contributed by atoms with E-state index < -0.39 is 0 Å². The summed E-state index contributed by atoms with van der Waals surface area (Å²) in [5.41, 5.74) is 1.96. The molecule has 1 aromatic carbocycles. The zero-order valence-corrected chi connectivity index (χ0v) is 15.8. The number of benzene rings is 1. The third kappa shape index (κ3) is 3.37. The summed E-state index contributed by atoms with van der Waals surface area (Å²) < 4.78 is 14.9. The van der Waals surface area contributed by atoms with Gasteiger partial charge >= 0.3 is 0 Å². The second-order valence-electron chi connectivity index (χ2n) is 7.86. The van der Waals surface area contributed by atoms with Crippen molar-refractivity contribution in [2.24, 2.45) is 17.8 Å². The number of imidazole rings is 1. The molecule has 7 heteroatoms. The van der Waals surface area contributed by atoms with E-state index in [9.17, 15) is 14.0 Å². The number of nitrogens with one attached hydrogen (secondary N) is 1. The molecular weight excluding hydrogens is 371 g/mol. The first-order valence-corrected chi connectivity index (χ1v) is 9.86. The van der Waals surface area contributed by atoms with E-state index in [2.05, 4.69) is 10.3 Å². The minimum Gasteiger partial charge on any atom is -0.352 e. The third-order valence-electron chi connectivity index (χ3n) is 6.16. The van der Waals surface area contributed by atoms with Crippen LogP contribution in [0.4, 0.5) is 4.39 Å². The molecule has 0 bridgehead atoms. The van der Waals surface area contributed by atoms with Gasteiger partial charge in [0.2, 0.25) is 0 Å². The summed E-state index contributed by atoms with van der Waals surface area (Å²) in [6.07, 6.45) is 6.22. The van der Waals surface area contributed by atoms with E-state index in [1.807, 2.05) is 21.6 Å². The first-order chi connectivity index (χ1) is 14.1. The molecule has 1 saturated heterocycles. The second-order valence-corrected chi connectivity index (χ2v) is 7.86. The number of amides is 2. The van der Waals surface area contributed by atoms with Gasteiger partial charge in [0.05, 0.1) is 5.56 Å². The van der Waals surface area contributed by atoms with Crippen LogP contribution in [-0.2, 0) is 0 Å². The van der Waals surface area contributed by atoms with Crippen molar-refractivity contribution < 1.29 is 14.0 Å². The highest BCUT2D eigenvalue weighted by Crippen LogP contribution is 2.53. The molecule has 6 nitrogen and oxygen atoms in total. The second kappa shape index (κ2) is 6.99. The van der Waals surface area contributed by atoms with E-state index in [0.717, 1.165) is 25.2 Å². The maximum absolute atomic E-state index is 13.0. The summed E-state index contributed by atoms with van der Waals surface area (Å²) in [5.74, 6) is 1.14. The number of nitrogens with zero attached hydrogens (tertiary/aromatic N) is 3. The SMILES string of the molecule is O=C(NCCC1C2CN(C(=O)c3ccc(F)cc3)CC12)c1ccc2nccn2c1. The Hall–Kier alpha value is -3.22. The number of piperidine rings is 1. The maximum Gasteiger partial charge on any atom is 0.253 e. The predicted molar refractivity (Wildman–Crippen MR) is 105 cm³/mol. The molecule has 2 aliphatic rings. The smallest absolute Gasteiger partial charge is 0.253 e. The van der Waals surface area contributed by atoms with Crippen LogP contribution in [0.2, 0.25) is 0 Å². The molecule has 0 radical (unpaired) electrons. The maximum atomic E-state index is 13.0. The highest BCUT2D eigenvalue weighted by Gasteiger charge is 2.55. The number of hydrogen-bond donors (Lipinski definition) is 1. The van der Waals surface area contributed by atoms with Gasteiger partial charge in [-0.2, -0.15) is 0 Å². The van der Waals surface area contributed by atoms with Gasteiger partial charge < -0.3 is 14.6 Å². The van der Waals surface area contributed by atoms with Crippen LogP contribution in [0, 0.1) is 23.6 Å². The number of likely N-dealkylation sites (tertiary alicyclic amines) is 1. The lowest BCUT2D eigenvalue weighted by atomic mass is 10.1. The lowest BCUT2D eigenvalue weighted by Gasteiger charge is -2.20. The topological polar surface area (TPSA) is 66.7 Å². The normalized spacial score (nSPS) is 22.5. The molecule has 3 heterocycles. The van der Waals surface area contributed by atoms with Gasteiger partial charge in [0.1, 0.15) is 11.5 Å². The molecular formula is C22H21FN4O2. The van der Waals surface area contributed by atoms with Crippen molar-refractivity contribution in [1.82, 2.24) is 19.6 Å². The van der Waals surface area contributed by atoms with Crippen molar-refractivity contribution in [3.05, 3.63) is 71.9 Å². The van der Waals surface area contributed by atoms with E-state index in [-0.39, 0.29) is 17.6 Å². The first kappa shape index (κ1) is 17.8. The molecule has 29 heavy (non-hydrogen) atoms. The van der Waals surface area contributed by atoms with E-state index in [4.69, 9.17) is 0 Å². The van der Waals surface area contributed by atoms with Crippen LogP contribution in [0.3, 0.4) is 0 Å². The minimum absolute atomic E-state index is 0.0286. The first-order valence-electron chi connectivity index (χ1n) is 9.86. The van der Waals surface area contributed by atoms with E-state index in [0.29, 0.717) is 35.4 Å². The zero-order chi connectivity index (χ0) is 20.0. The quantitative estimate of drug-likeness (QED) is 0.726. The molecule has 2 amide bonds. The van der Waals surface area contributed by atoms with Crippen molar-refractivity contribution in [2.75, 3.05) is 19.6 Å². The lowest BCUT2D eigenvalue weighted by molar-refractivity contribution is 0.0767. The van der Waals surface area contributed by atoms with Gasteiger partial charge in [0.25, 0.3) is 11.8 Å². The Morgan fingerprint density at radius 1 is 1.07 bits per heavy atom. The number of fused-ring (bicyclic) bond motifs is 2. The van der Waals surface area contributed by atoms with E-state index in [1.54, 1.807) is 18.5 Å².